The second-order valence-electron chi connectivity index (χ2n) is 4.12. The first-order chi connectivity index (χ1) is 9.64. The molecule has 0 saturated carbocycles. The summed E-state index contributed by atoms with van der Waals surface area (Å²) in [5.41, 5.74) is 6.25. The fraction of sp³-hybridized carbons (Fsp3) is 0.333. The number of rotatable bonds is 2. The summed E-state index contributed by atoms with van der Waals surface area (Å²) in [5.74, 6) is -0.508. The van der Waals surface area contributed by atoms with Crippen LogP contribution in [0.4, 0.5) is 23.7 Å². The van der Waals surface area contributed by atoms with Crippen molar-refractivity contribution in [3.05, 3.63) is 23.3 Å². The Hall–Kier alpha value is -2.45. The molecule has 116 valence electrons. The molecule has 4 N–H and O–H groups in total. The van der Waals surface area contributed by atoms with Crippen LogP contribution in [0.5, 0.6) is 5.75 Å². The minimum absolute atomic E-state index is 0.120. The van der Waals surface area contributed by atoms with E-state index in [4.69, 9.17) is 5.73 Å². The van der Waals surface area contributed by atoms with Crippen molar-refractivity contribution < 1.29 is 22.7 Å². The smallest absolute Gasteiger partial charge is 0.405 e. The number of nitrogens with zero attached hydrogens (tertiary/aromatic N) is 1. The van der Waals surface area contributed by atoms with Crippen LogP contribution in [0, 0.1) is 13.8 Å². The molecule has 0 heterocycles. The zero-order chi connectivity index (χ0) is 16.2. The molecule has 0 aliphatic heterocycles. The summed E-state index contributed by atoms with van der Waals surface area (Å²) in [6, 6.07) is 1.87. The topological polar surface area (TPSA) is 88.7 Å². The van der Waals surface area contributed by atoms with Crippen LogP contribution in [0.3, 0.4) is 0 Å². The molecular weight excluding hydrogens is 289 g/mol. The van der Waals surface area contributed by atoms with Crippen molar-refractivity contribution >= 4 is 17.7 Å². The minimum atomic E-state index is -4.81. The van der Waals surface area contributed by atoms with Gasteiger partial charge in [-0.15, -0.1) is 13.2 Å². The zero-order valence-electron chi connectivity index (χ0n) is 11.6. The summed E-state index contributed by atoms with van der Waals surface area (Å²) in [6.07, 6.45) is -4.81. The van der Waals surface area contributed by atoms with Gasteiger partial charge < -0.3 is 15.8 Å². The van der Waals surface area contributed by atoms with E-state index in [1.54, 1.807) is 6.92 Å². The number of benzene rings is 1. The molecule has 0 atom stereocenters. The van der Waals surface area contributed by atoms with Crippen molar-refractivity contribution in [2.75, 3.05) is 12.4 Å². The third-order valence-corrected chi connectivity index (χ3v) is 2.57. The van der Waals surface area contributed by atoms with Crippen LogP contribution in [0.2, 0.25) is 0 Å². The van der Waals surface area contributed by atoms with E-state index in [9.17, 15) is 18.0 Å². The molecule has 0 aliphatic carbocycles. The third-order valence-electron chi connectivity index (χ3n) is 2.57. The highest BCUT2D eigenvalue weighted by Crippen LogP contribution is 2.32. The maximum absolute atomic E-state index is 12.3. The Morgan fingerprint density at radius 3 is 2.48 bits per heavy atom. The molecule has 0 aliphatic rings. The Balaban J connectivity index is 3.01. The number of nitrogens with one attached hydrogen (secondary N) is 2. The van der Waals surface area contributed by atoms with Gasteiger partial charge in [0.2, 0.25) is 0 Å². The Bertz CT molecular complexity index is 570. The summed E-state index contributed by atoms with van der Waals surface area (Å²) in [4.78, 5) is 15.2. The maximum Gasteiger partial charge on any atom is 0.573 e. The van der Waals surface area contributed by atoms with Crippen LogP contribution in [0.15, 0.2) is 17.1 Å². The van der Waals surface area contributed by atoms with Gasteiger partial charge >= 0.3 is 12.4 Å². The fourth-order valence-corrected chi connectivity index (χ4v) is 1.57. The van der Waals surface area contributed by atoms with Crippen molar-refractivity contribution in [2.45, 2.75) is 20.2 Å². The van der Waals surface area contributed by atoms with E-state index in [-0.39, 0.29) is 23.0 Å². The van der Waals surface area contributed by atoms with Crippen LogP contribution in [0.25, 0.3) is 0 Å². The Morgan fingerprint density at radius 1 is 1.33 bits per heavy atom. The lowest BCUT2D eigenvalue weighted by atomic mass is 10.1. The van der Waals surface area contributed by atoms with E-state index in [1.165, 1.54) is 26.1 Å². The van der Waals surface area contributed by atoms with Crippen LogP contribution in [0.1, 0.15) is 11.1 Å². The summed E-state index contributed by atoms with van der Waals surface area (Å²) in [5, 5.41) is 4.63. The van der Waals surface area contributed by atoms with Gasteiger partial charge in [0.25, 0.3) is 0 Å². The van der Waals surface area contributed by atoms with Crippen molar-refractivity contribution in [1.29, 1.82) is 0 Å². The van der Waals surface area contributed by atoms with Gasteiger partial charge in [0, 0.05) is 12.6 Å². The number of carbonyl (C=O) groups excluding carboxylic acids is 1. The highest BCUT2D eigenvalue weighted by molar-refractivity contribution is 6.02. The Labute approximate surface area is 119 Å². The van der Waals surface area contributed by atoms with Gasteiger partial charge in [-0.3, -0.25) is 10.3 Å². The number of guanidine groups is 1. The number of nitrogens with two attached hydrogens (primary N) is 1. The quantitative estimate of drug-likeness (QED) is 0.578. The monoisotopic (exact) mass is 304 g/mol. The highest BCUT2D eigenvalue weighted by atomic mass is 19.4. The number of anilines is 1. The summed E-state index contributed by atoms with van der Waals surface area (Å²) in [6.45, 7) is 3.04. The van der Waals surface area contributed by atoms with E-state index >= 15 is 0 Å². The molecule has 0 unspecified atom stereocenters. The van der Waals surface area contributed by atoms with Crippen LogP contribution < -0.4 is 21.1 Å². The molecule has 1 aromatic carbocycles. The predicted molar refractivity (Wildman–Crippen MR) is 72.3 cm³/mol. The van der Waals surface area contributed by atoms with Gasteiger partial charge in [0.15, 0.2) is 5.96 Å². The minimum Gasteiger partial charge on any atom is -0.405 e. The molecule has 0 saturated heterocycles. The first-order valence-corrected chi connectivity index (χ1v) is 5.80. The molecular formula is C12H15F3N4O2. The predicted octanol–water partition coefficient (Wildman–Crippen LogP) is 2.27. The van der Waals surface area contributed by atoms with Gasteiger partial charge in [-0.25, -0.2) is 4.79 Å². The van der Waals surface area contributed by atoms with E-state index in [2.05, 4.69) is 20.4 Å². The SMILES string of the molecule is CN=C(N)NC(=O)Nc1c(C)ccc(OC(F)(F)F)c1C. The molecule has 1 rings (SSSR count). The number of carbonyl (C=O) groups is 1. The molecule has 0 radical (unpaired) electrons. The average Bonchev–Trinajstić information content (AvgIpc) is 2.36. The molecule has 1 aromatic rings. The lowest BCUT2D eigenvalue weighted by Gasteiger charge is -2.17. The largest absolute Gasteiger partial charge is 0.573 e. The van der Waals surface area contributed by atoms with Gasteiger partial charge in [-0.2, -0.15) is 0 Å². The number of urea groups is 1. The van der Waals surface area contributed by atoms with Crippen molar-refractivity contribution in [3.8, 4) is 5.75 Å². The van der Waals surface area contributed by atoms with Gasteiger partial charge in [0.05, 0.1) is 5.69 Å². The number of alkyl halides is 3. The number of hydrogen-bond acceptors (Lipinski definition) is 3. The van der Waals surface area contributed by atoms with Gasteiger partial charge in [-0.1, -0.05) is 6.07 Å². The molecule has 0 bridgehead atoms. The number of hydrogen-bond donors (Lipinski definition) is 3. The first kappa shape index (κ1) is 16.6. The lowest BCUT2D eigenvalue weighted by Crippen LogP contribution is -2.39. The maximum atomic E-state index is 12.3. The Morgan fingerprint density at radius 2 is 1.95 bits per heavy atom. The summed E-state index contributed by atoms with van der Waals surface area (Å²) in [7, 11) is 1.38. The standard InChI is InChI=1S/C12H15F3N4O2/c1-6-4-5-8(21-12(13,14)15)7(2)9(6)18-11(20)19-10(16)17-3/h4-5H,1-3H3,(H4,16,17,18,19,20). The molecule has 9 heteroatoms. The van der Waals surface area contributed by atoms with E-state index in [0.29, 0.717) is 5.56 Å². The van der Waals surface area contributed by atoms with Crippen molar-refractivity contribution in [2.24, 2.45) is 10.7 Å². The summed E-state index contributed by atoms with van der Waals surface area (Å²) < 4.78 is 40.7. The van der Waals surface area contributed by atoms with Crippen LogP contribution >= 0.6 is 0 Å². The zero-order valence-corrected chi connectivity index (χ0v) is 11.6. The van der Waals surface area contributed by atoms with E-state index < -0.39 is 12.4 Å². The number of aliphatic imine (C=N–C) groups is 1. The highest BCUT2D eigenvalue weighted by Gasteiger charge is 2.32. The Kier molecular flexibility index (Phi) is 5.01. The molecule has 6 nitrogen and oxygen atoms in total. The molecule has 21 heavy (non-hydrogen) atoms. The summed E-state index contributed by atoms with van der Waals surface area (Å²) >= 11 is 0. The molecule has 2 amide bonds. The second-order valence-corrected chi connectivity index (χ2v) is 4.12. The normalized spacial score (nSPS) is 12.0. The second kappa shape index (κ2) is 6.33. The lowest BCUT2D eigenvalue weighted by molar-refractivity contribution is -0.274. The van der Waals surface area contributed by atoms with E-state index in [0.717, 1.165) is 0 Å². The van der Waals surface area contributed by atoms with Crippen LogP contribution in [-0.2, 0) is 0 Å². The fourth-order valence-electron chi connectivity index (χ4n) is 1.57. The average molecular weight is 304 g/mol. The van der Waals surface area contributed by atoms with Gasteiger partial charge in [0.1, 0.15) is 5.75 Å². The van der Waals surface area contributed by atoms with E-state index in [1.807, 2.05) is 0 Å². The van der Waals surface area contributed by atoms with Crippen molar-refractivity contribution in [1.82, 2.24) is 5.32 Å². The van der Waals surface area contributed by atoms with Gasteiger partial charge in [-0.05, 0) is 25.5 Å². The molecule has 0 aromatic heterocycles. The molecule has 0 spiro atoms. The first-order valence-electron chi connectivity index (χ1n) is 5.80. The number of ether oxygens (including phenoxy) is 1. The molecule has 0 fully saturated rings. The van der Waals surface area contributed by atoms with Crippen LogP contribution in [-0.4, -0.2) is 25.4 Å². The number of aryl methyl sites for hydroxylation is 1. The number of halogens is 3. The van der Waals surface area contributed by atoms with Crippen molar-refractivity contribution in [3.63, 3.8) is 0 Å². The third kappa shape index (κ3) is 4.86. The number of amides is 2.